The predicted octanol–water partition coefficient (Wildman–Crippen LogP) is 3.63. The van der Waals surface area contributed by atoms with Crippen LogP contribution in [0.15, 0.2) is 18.5 Å². The zero-order valence-corrected chi connectivity index (χ0v) is 11.1. The first-order chi connectivity index (χ1) is 8.26. The molecule has 0 aliphatic rings. The highest BCUT2D eigenvalue weighted by molar-refractivity contribution is 6.18. The van der Waals surface area contributed by atoms with E-state index in [1.165, 1.54) is 0 Å². The maximum Gasteiger partial charge on any atom is 0.139 e. The molecule has 0 aliphatic heterocycles. The summed E-state index contributed by atoms with van der Waals surface area (Å²) in [7, 11) is 0. The lowest BCUT2D eigenvalue weighted by Crippen LogP contribution is -2.11. The van der Waals surface area contributed by atoms with E-state index < -0.39 is 0 Å². The number of halogens is 1. The molecule has 92 valence electrons. The molecular weight excluding hydrogens is 234 g/mol. The van der Waals surface area contributed by atoms with Gasteiger partial charge in [-0.15, -0.1) is 11.6 Å². The highest BCUT2D eigenvalue weighted by Crippen LogP contribution is 2.14. The zero-order valence-electron chi connectivity index (χ0n) is 10.4. The normalized spacial score (nSPS) is 11.5. The van der Waals surface area contributed by atoms with Crippen molar-refractivity contribution in [2.45, 2.75) is 39.2 Å². The molecule has 0 saturated heterocycles. The maximum atomic E-state index is 5.75. The number of hydrogen-bond acceptors (Lipinski definition) is 2. The summed E-state index contributed by atoms with van der Waals surface area (Å²) in [6.45, 7) is 4.21. The van der Waals surface area contributed by atoms with Gasteiger partial charge >= 0.3 is 0 Å². The van der Waals surface area contributed by atoms with Gasteiger partial charge in [0.25, 0.3) is 0 Å². The second kappa shape index (κ2) is 7.97. The van der Waals surface area contributed by atoms with E-state index in [0.717, 1.165) is 24.2 Å². The average molecular weight is 252 g/mol. The van der Waals surface area contributed by atoms with E-state index in [-0.39, 0.29) is 6.10 Å². The summed E-state index contributed by atoms with van der Waals surface area (Å²) in [6, 6.07) is 1.92. The third-order valence-corrected chi connectivity index (χ3v) is 2.39. The Balaban J connectivity index is 2.63. The van der Waals surface area contributed by atoms with E-state index in [1.54, 1.807) is 12.4 Å². The van der Waals surface area contributed by atoms with Crippen LogP contribution in [0.5, 0.6) is 5.75 Å². The summed E-state index contributed by atoms with van der Waals surface area (Å²) in [5.74, 6) is 7.33. The molecule has 1 atom stereocenters. The Morgan fingerprint density at radius 2 is 2.29 bits per heavy atom. The van der Waals surface area contributed by atoms with E-state index in [1.807, 2.05) is 6.07 Å². The van der Waals surface area contributed by atoms with Gasteiger partial charge in [0.05, 0.1) is 12.3 Å². The summed E-state index contributed by atoms with van der Waals surface area (Å²) < 4.78 is 5.75. The van der Waals surface area contributed by atoms with Crippen molar-refractivity contribution in [1.82, 2.24) is 4.98 Å². The van der Waals surface area contributed by atoms with Gasteiger partial charge in [0.15, 0.2) is 0 Å². The van der Waals surface area contributed by atoms with Crippen LogP contribution in [0.25, 0.3) is 0 Å². The molecule has 0 amide bonds. The van der Waals surface area contributed by atoms with Gasteiger partial charge in [0.2, 0.25) is 0 Å². The van der Waals surface area contributed by atoms with Gasteiger partial charge in [-0.05, 0) is 19.4 Å². The van der Waals surface area contributed by atoms with Crippen molar-refractivity contribution in [3.05, 3.63) is 24.0 Å². The molecule has 0 aliphatic carbocycles. The molecule has 1 unspecified atom stereocenters. The van der Waals surface area contributed by atoms with Gasteiger partial charge in [-0.3, -0.25) is 4.98 Å². The Hall–Kier alpha value is -1.20. The molecule has 0 fully saturated rings. The first kappa shape index (κ1) is 13.9. The maximum absolute atomic E-state index is 5.75. The number of alkyl halides is 1. The van der Waals surface area contributed by atoms with E-state index in [2.05, 4.69) is 30.7 Å². The van der Waals surface area contributed by atoms with Crippen LogP contribution < -0.4 is 4.74 Å². The fraction of sp³-hybridized carbons (Fsp3) is 0.500. The lowest BCUT2D eigenvalue weighted by molar-refractivity contribution is 0.209. The molecule has 0 saturated carbocycles. The van der Waals surface area contributed by atoms with Crippen LogP contribution in [0, 0.1) is 11.8 Å². The van der Waals surface area contributed by atoms with Crippen molar-refractivity contribution in [2.24, 2.45) is 0 Å². The second-order valence-electron chi connectivity index (χ2n) is 3.87. The molecule has 1 aromatic heterocycles. The molecular formula is C14H18ClNO. The molecule has 2 nitrogen and oxygen atoms in total. The van der Waals surface area contributed by atoms with Gasteiger partial charge < -0.3 is 4.74 Å². The van der Waals surface area contributed by atoms with Gasteiger partial charge in [0, 0.05) is 24.1 Å². The van der Waals surface area contributed by atoms with Gasteiger partial charge in [-0.1, -0.05) is 25.2 Å². The highest BCUT2D eigenvalue weighted by Gasteiger charge is 2.03. The summed E-state index contributed by atoms with van der Waals surface area (Å²) in [5.41, 5.74) is 0.872. The summed E-state index contributed by atoms with van der Waals surface area (Å²) in [6.07, 6.45) is 6.52. The van der Waals surface area contributed by atoms with Crippen LogP contribution in [0.3, 0.4) is 0 Å². The van der Waals surface area contributed by atoms with Crippen LogP contribution in [-0.2, 0) is 0 Å². The molecule has 1 aromatic rings. The standard InChI is InChI=1S/C14H18ClNO/c1-3-6-12(2)17-14-9-13(10-16-11-14)7-4-5-8-15/h9-12H,3,5-6,8H2,1-2H3. The lowest BCUT2D eigenvalue weighted by Gasteiger charge is -2.13. The van der Waals surface area contributed by atoms with Crippen molar-refractivity contribution >= 4 is 11.6 Å². The van der Waals surface area contributed by atoms with Crippen LogP contribution in [0.4, 0.5) is 0 Å². The fourth-order valence-corrected chi connectivity index (χ4v) is 1.56. The largest absolute Gasteiger partial charge is 0.489 e. The summed E-state index contributed by atoms with van der Waals surface area (Å²) >= 11 is 5.56. The Morgan fingerprint density at radius 3 is 3.00 bits per heavy atom. The summed E-state index contributed by atoms with van der Waals surface area (Å²) in [5, 5.41) is 0. The third-order valence-electron chi connectivity index (χ3n) is 2.20. The highest BCUT2D eigenvalue weighted by atomic mass is 35.5. The van der Waals surface area contributed by atoms with Gasteiger partial charge in [0.1, 0.15) is 5.75 Å². The SMILES string of the molecule is CCCC(C)Oc1cncc(C#CCCCl)c1. The summed E-state index contributed by atoms with van der Waals surface area (Å²) in [4.78, 5) is 4.12. The second-order valence-corrected chi connectivity index (χ2v) is 4.25. The average Bonchev–Trinajstić information content (AvgIpc) is 2.30. The zero-order chi connectivity index (χ0) is 12.5. The van der Waals surface area contributed by atoms with Crippen LogP contribution in [-0.4, -0.2) is 17.0 Å². The Kier molecular flexibility index (Phi) is 6.50. The molecule has 17 heavy (non-hydrogen) atoms. The molecule has 0 N–H and O–H groups in total. The molecule has 1 rings (SSSR count). The third kappa shape index (κ3) is 5.60. The molecule has 3 heteroatoms. The monoisotopic (exact) mass is 251 g/mol. The molecule has 0 spiro atoms. The van der Waals surface area contributed by atoms with Crippen LogP contribution in [0.1, 0.15) is 38.7 Å². The number of nitrogens with zero attached hydrogens (tertiary/aromatic N) is 1. The fourth-order valence-electron chi connectivity index (χ4n) is 1.46. The minimum Gasteiger partial charge on any atom is -0.489 e. The first-order valence-electron chi connectivity index (χ1n) is 5.92. The van der Waals surface area contributed by atoms with Crippen molar-refractivity contribution in [3.63, 3.8) is 0 Å². The van der Waals surface area contributed by atoms with Crippen molar-refractivity contribution in [3.8, 4) is 17.6 Å². The topological polar surface area (TPSA) is 22.1 Å². The lowest BCUT2D eigenvalue weighted by atomic mass is 10.2. The predicted molar refractivity (Wildman–Crippen MR) is 71.5 cm³/mol. The quantitative estimate of drug-likeness (QED) is 0.589. The van der Waals surface area contributed by atoms with Crippen LogP contribution in [0.2, 0.25) is 0 Å². The first-order valence-corrected chi connectivity index (χ1v) is 6.46. The number of aromatic nitrogens is 1. The number of rotatable bonds is 5. The van der Waals surface area contributed by atoms with Gasteiger partial charge in [-0.2, -0.15) is 0 Å². The van der Waals surface area contributed by atoms with Crippen molar-refractivity contribution in [1.29, 1.82) is 0 Å². The minimum absolute atomic E-state index is 0.216. The Bertz CT molecular complexity index is 395. The van der Waals surface area contributed by atoms with E-state index >= 15 is 0 Å². The smallest absolute Gasteiger partial charge is 0.139 e. The molecule has 0 aromatic carbocycles. The van der Waals surface area contributed by atoms with Crippen molar-refractivity contribution < 1.29 is 4.74 Å². The Labute approximate surface area is 108 Å². The van der Waals surface area contributed by atoms with E-state index in [9.17, 15) is 0 Å². The molecule has 0 radical (unpaired) electrons. The minimum atomic E-state index is 0.216. The number of hydrogen-bond donors (Lipinski definition) is 0. The number of ether oxygens (including phenoxy) is 1. The van der Waals surface area contributed by atoms with E-state index in [0.29, 0.717) is 12.3 Å². The number of pyridine rings is 1. The molecule has 1 heterocycles. The Morgan fingerprint density at radius 1 is 1.47 bits per heavy atom. The molecule has 0 bridgehead atoms. The van der Waals surface area contributed by atoms with Crippen molar-refractivity contribution in [2.75, 3.05) is 5.88 Å². The van der Waals surface area contributed by atoms with Crippen LogP contribution >= 0.6 is 11.6 Å². The van der Waals surface area contributed by atoms with Gasteiger partial charge in [-0.25, -0.2) is 0 Å². The van der Waals surface area contributed by atoms with E-state index in [4.69, 9.17) is 16.3 Å².